The van der Waals surface area contributed by atoms with Crippen molar-refractivity contribution in [2.75, 3.05) is 7.11 Å². The summed E-state index contributed by atoms with van der Waals surface area (Å²) in [4.78, 5) is 8.66. The van der Waals surface area contributed by atoms with Gasteiger partial charge in [-0.25, -0.2) is 0 Å². The van der Waals surface area contributed by atoms with Crippen LogP contribution in [-0.2, 0) is 0 Å². The largest absolute Gasteiger partial charge is 0.497 e. The van der Waals surface area contributed by atoms with Crippen LogP contribution in [0.2, 0.25) is 0 Å². The molecule has 0 atom stereocenters. The molecule has 1 aromatic heterocycles. The van der Waals surface area contributed by atoms with Crippen LogP contribution in [0.5, 0.6) is 5.75 Å². The van der Waals surface area contributed by atoms with E-state index >= 15 is 0 Å². The van der Waals surface area contributed by atoms with Gasteiger partial charge in [-0.15, -0.1) is 0 Å². The first-order valence-electron chi connectivity index (χ1n) is 10.5. The van der Waals surface area contributed by atoms with Crippen molar-refractivity contribution in [3.05, 3.63) is 120 Å². The predicted molar refractivity (Wildman–Crippen MR) is 138 cm³/mol. The maximum Gasteiger partial charge on any atom is 0.119 e. The topological polar surface area (TPSA) is 34.5 Å². The highest BCUT2D eigenvalue weighted by molar-refractivity contribution is 6.03. The Hall–Kier alpha value is -3.72. The van der Waals surface area contributed by atoms with Gasteiger partial charge in [0.15, 0.2) is 0 Å². The Bertz CT molecular complexity index is 1130. The van der Waals surface area contributed by atoms with E-state index in [9.17, 15) is 0 Å². The third-order valence-electron chi connectivity index (χ3n) is 5.19. The van der Waals surface area contributed by atoms with E-state index in [1.807, 2.05) is 43.3 Å². The molecule has 0 saturated heterocycles. The number of hydrogen-bond acceptors (Lipinski definition) is 3. The fourth-order valence-corrected chi connectivity index (χ4v) is 3.10. The van der Waals surface area contributed by atoms with E-state index in [1.165, 1.54) is 16.7 Å². The lowest BCUT2D eigenvalue weighted by Gasteiger charge is -2.09. The highest BCUT2D eigenvalue weighted by Crippen LogP contribution is 2.20. The number of pyridine rings is 1. The van der Waals surface area contributed by atoms with E-state index in [1.54, 1.807) is 25.6 Å². The molecular weight excluding hydrogens is 392 g/mol. The molecule has 0 bridgehead atoms. The maximum absolute atomic E-state index is 5.26. The molecule has 0 spiro atoms. The van der Waals surface area contributed by atoms with Crippen LogP contribution < -0.4 is 4.74 Å². The highest BCUT2D eigenvalue weighted by atomic mass is 16.5. The summed E-state index contributed by atoms with van der Waals surface area (Å²) in [5.74, 6) is 0.826. The molecule has 0 amide bonds. The summed E-state index contributed by atoms with van der Waals surface area (Å²) in [5.41, 5.74) is 8.72. The SMILES string of the molecule is C=C(N=C(C)c1cc(OC)ccc1C)c1cccnc1.C=C/C=C\c1cccc(C)c1C. The second-order valence-electron chi connectivity index (χ2n) is 7.45. The molecule has 3 aromatic rings. The standard InChI is InChI=1S/C17H18N2O.C12H14/c1-12-7-8-16(20-4)10-17(12)14(3)19-13(2)15-6-5-9-18-11-15;1-4-5-8-12-9-6-7-10(2)11(12)3/h5-11H,2H2,1,3-4H3;4-9H,1H2,2-3H3/b;8-5-. The molecule has 164 valence electrons. The van der Waals surface area contributed by atoms with Gasteiger partial charge in [-0.2, -0.15) is 0 Å². The van der Waals surface area contributed by atoms with Crippen LogP contribution in [-0.4, -0.2) is 17.8 Å². The molecule has 3 rings (SSSR count). The van der Waals surface area contributed by atoms with E-state index in [4.69, 9.17) is 4.74 Å². The fraction of sp³-hybridized carbons (Fsp3) is 0.172. The van der Waals surface area contributed by atoms with Crippen LogP contribution in [0.3, 0.4) is 0 Å². The van der Waals surface area contributed by atoms with E-state index < -0.39 is 0 Å². The number of methoxy groups -OCH3 is 1. The number of aliphatic imine (C=N–C) groups is 1. The van der Waals surface area contributed by atoms with Gasteiger partial charge in [0.1, 0.15) is 5.75 Å². The second kappa shape index (κ2) is 12.2. The van der Waals surface area contributed by atoms with Gasteiger partial charge < -0.3 is 4.74 Å². The number of benzene rings is 2. The van der Waals surface area contributed by atoms with Gasteiger partial charge in [0.2, 0.25) is 0 Å². The highest BCUT2D eigenvalue weighted by Gasteiger charge is 2.05. The number of aromatic nitrogens is 1. The summed E-state index contributed by atoms with van der Waals surface area (Å²) in [5, 5.41) is 0. The molecule has 0 aliphatic heterocycles. The number of ether oxygens (including phenoxy) is 1. The molecule has 0 aliphatic carbocycles. The van der Waals surface area contributed by atoms with Crippen molar-refractivity contribution in [2.24, 2.45) is 4.99 Å². The zero-order valence-corrected chi connectivity index (χ0v) is 19.7. The monoisotopic (exact) mass is 424 g/mol. The Morgan fingerprint density at radius 1 is 1.03 bits per heavy atom. The summed E-state index contributed by atoms with van der Waals surface area (Å²) in [6.07, 6.45) is 9.33. The van der Waals surface area contributed by atoms with Gasteiger partial charge in [0.05, 0.1) is 12.8 Å². The molecule has 0 radical (unpaired) electrons. The average molecular weight is 425 g/mol. The summed E-state index contributed by atoms with van der Waals surface area (Å²) >= 11 is 0. The van der Waals surface area contributed by atoms with E-state index in [0.717, 1.165) is 28.2 Å². The van der Waals surface area contributed by atoms with Crippen LogP contribution in [0.1, 0.15) is 40.3 Å². The number of nitrogens with zero attached hydrogens (tertiary/aromatic N) is 2. The lowest BCUT2D eigenvalue weighted by atomic mass is 10.0. The van der Waals surface area contributed by atoms with Crippen molar-refractivity contribution in [3.8, 4) is 5.75 Å². The van der Waals surface area contributed by atoms with Crippen molar-refractivity contribution in [1.29, 1.82) is 0 Å². The minimum absolute atomic E-state index is 0.706. The number of rotatable bonds is 6. The smallest absolute Gasteiger partial charge is 0.119 e. The minimum Gasteiger partial charge on any atom is -0.497 e. The summed E-state index contributed by atoms with van der Waals surface area (Å²) in [6, 6.07) is 16.1. The van der Waals surface area contributed by atoms with E-state index in [0.29, 0.717) is 5.70 Å². The number of aryl methyl sites for hydroxylation is 2. The summed E-state index contributed by atoms with van der Waals surface area (Å²) in [7, 11) is 1.66. The lowest BCUT2D eigenvalue weighted by Crippen LogP contribution is -1.99. The number of hydrogen-bond donors (Lipinski definition) is 0. The van der Waals surface area contributed by atoms with Crippen LogP contribution in [0.4, 0.5) is 0 Å². The van der Waals surface area contributed by atoms with Crippen LogP contribution in [0, 0.1) is 20.8 Å². The Morgan fingerprint density at radius 3 is 2.47 bits per heavy atom. The van der Waals surface area contributed by atoms with Gasteiger partial charge in [-0.1, -0.05) is 55.7 Å². The zero-order valence-electron chi connectivity index (χ0n) is 19.7. The first kappa shape index (κ1) is 24.5. The van der Waals surface area contributed by atoms with Gasteiger partial charge in [0.25, 0.3) is 0 Å². The summed E-state index contributed by atoms with van der Waals surface area (Å²) < 4.78 is 5.26. The first-order chi connectivity index (χ1) is 15.4. The maximum atomic E-state index is 5.26. The lowest BCUT2D eigenvalue weighted by molar-refractivity contribution is 0.414. The van der Waals surface area contributed by atoms with Crippen molar-refractivity contribution in [2.45, 2.75) is 27.7 Å². The van der Waals surface area contributed by atoms with Gasteiger partial charge in [-0.05, 0) is 74.2 Å². The van der Waals surface area contributed by atoms with Crippen LogP contribution in [0.25, 0.3) is 11.8 Å². The normalized spacial score (nSPS) is 11.0. The molecule has 1 heterocycles. The molecule has 2 aromatic carbocycles. The first-order valence-corrected chi connectivity index (χ1v) is 10.5. The van der Waals surface area contributed by atoms with Crippen molar-refractivity contribution in [3.63, 3.8) is 0 Å². The van der Waals surface area contributed by atoms with E-state index in [2.05, 4.69) is 68.2 Å². The fourth-order valence-electron chi connectivity index (χ4n) is 3.10. The Balaban J connectivity index is 0.000000258. The molecule has 0 aliphatic rings. The van der Waals surface area contributed by atoms with Crippen LogP contribution >= 0.6 is 0 Å². The molecule has 3 nitrogen and oxygen atoms in total. The van der Waals surface area contributed by atoms with E-state index in [-0.39, 0.29) is 0 Å². The minimum atomic E-state index is 0.706. The van der Waals surface area contributed by atoms with Gasteiger partial charge >= 0.3 is 0 Å². The third-order valence-corrected chi connectivity index (χ3v) is 5.19. The van der Waals surface area contributed by atoms with Crippen LogP contribution in [0.15, 0.2) is 91.2 Å². The van der Waals surface area contributed by atoms with Crippen molar-refractivity contribution < 1.29 is 4.74 Å². The van der Waals surface area contributed by atoms with Gasteiger partial charge in [0, 0.05) is 29.2 Å². The van der Waals surface area contributed by atoms with Crippen molar-refractivity contribution >= 4 is 17.5 Å². The van der Waals surface area contributed by atoms with Crippen molar-refractivity contribution in [1.82, 2.24) is 4.98 Å². The molecule has 0 unspecified atom stereocenters. The quantitative estimate of drug-likeness (QED) is 0.305. The second-order valence-corrected chi connectivity index (χ2v) is 7.45. The molecule has 0 saturated carbocycles. The Kier molecular flexibility index (Phi) is 9.37. The molecular formula is C29H32N2O. The molecule has 0 fully saturated rings. The van der Waals surface area contributed by atoms with Gasteiger partial charge in [-0.3, -0.25) is 9.98 Å². The Morgan fingerprint density at radius 2 is 1.81 bits per heavy atom. The predicted octanol–water partition coefficient (Wildman–Crippen LogP) is 7.38. The third kappa shape index (κ3) is 6.92. The average Bonchev–Trinajstić information content (AvgIpc) is 2.81. The molecule has 0 N–H and O–H groups in total. The zero-order chi connectivity index (χ0) is 23.5. The molecule has 3 heteroatoms. The molecule has 32 heavy (non-hydrogen) atoms. The Labute approximate surface area is 192 Å². The number of allylic oxidation sites excluding steroid dienone is 2. The summed E-state index contributed by atoms with van der Waals surface area (Å²) in [6.45, 7) is 15.9.